The van der Waals surface area contributed by atoms with E-state index in [2.05, 4.69) is 78.0 Å². The molecular weight excluding hydrogens is 952 g/mol. The van der Waals surface area contributed by atoms with Crippen molar-refractivity contribution in [2.45, 2.75) is 168 Å². The van der Waals surface area contributed by atoms with Crippen LogP contribution in [-0.2, 0) is 22.4 Å². The lowest BCUT2D eigenvalue weighted by Gasteiger charge is -2.30. The van der Waals surface area contributed by atoms with Gasteiger partial charge in [0, 0.05) is 31.5 Å². The number of unbranched alkanes of at least 4 members (excludes halogenated alkanes) is 18. The van der Waals surface area contributed by atoms with Crippen molar-refractivity contribution in [1.29, 1.82) is 0 Å². The molecule has 0 aliphatic carbocycles. The first-order valence-electron chi connectivity index (χ1n) is 25.8. The van der Waals surface area contributed by atoms with E-state index in [0.717, 1.165) is 57.2 Å². The van der Waals surface area contributed by atoms with E-state index in [1.165, 1.54) is 142 Å². The van der Waals surface area contributed by atoms with Crippen molar-refractivity contribution in [3.05, 3.63) is 72.8 Å². The van der Waals surface area contributed by atoms with E-state index in [0.29, 0.717) is 37.4 Å². The van der Waals surface area contributed by atoms with Crippen molar-refractivity contribution in [2.24, 2.45) is 0 Å². The topological polar surface area (TPSA) is 76.7 Å². The number of nitrogens with zero attached hydrogens (tertiary/aromatic N) is 2. The van der Waals surface area contributed by atoms with Crippen LogP contribution in [-0.4, -0.2) is 101 Å². The lowest BCUT2D eigenvalue weighted by molar-refractivity contribution is -0.890. The second kappa shape index (κ2) is 39.2. The van der Waals surface area contributed by atoms with Crippen LogP contribution in [0.2, 0.25) is 0 Å². The number of carbonyl (C=O) groups is 2. The molecule has 8 nitrogen and oxygen atoms in total. The average Bonchev–Trinajstić information content (AvgIpc) is 3.27. The Morgan fingerprint density at radius 1 is 0.515 bits per heavy atom. The molecule has 0 heterocycles. The van der Waals surface area contributed by atoms with Crippen LogP contribution in [0.1, 0.15) is 166 Å². The van der Waals surface area contributed by atoms with Gasteiger partial charge < -0.3 is 63.0 Å². The van der Waals surface area contributed by atoms with E-state index < -0.39 is 0 Å². The molecule has 0 fully saturated rings. The fourth-order valence-corrected chi connectivity index (χ4v) is 8.56. The molecule has 0 unspecified atom stereocenters. The van der Waals surface area contributed by atoms with Crippen molar-refractivity contribution in [1.82, 2.24) is 10.6 Å². The molecule has 10 heteroatoms. The predicted molar refractivity (Wildman–Crippen MR) is 273 cm³/mol. The Kier molecular flexibility index (Phi) is 37.6. The van der Waals surface area contributed by atoms with Gasteiger partial charge >= 0.3 is 0 Å². The molecule has 2 amide bonds. The lowest BCUT2D eigenvalue weighted by Crippen LogP contribution is -3.00. The van der Waals surface area contributed by atoms with Gasteiger partial charge in [0.15, 0.2) is 13.2 Å². The van der Waals surface area contributed by atoms with Crippen LogP contribution in [0, 0.1) is 0 Å². The summed E-state index contributed by atoms with van der Waals surface area (Å²) in [4.78, 5) is 25.8. The van der Waals surface area contributed by atoms with Gasteiger partial charge in [-0.15, -0.1) is 13.2 Å². The number of allylic oxidation sites excluding steroid dienone is 2. The molecule has 0 aromatic heterocycles. The Morgan fingerprint density at radius 3 is 1.35 bits per heavy atom. The highest BCUT2D eigenvalue weighted by molar-refractivity contribution is 5.79. The molecule has 0 bridgehead atoms. The van der Waals surface area contributed by atoms with Crippen molar-refractivity contribution >= 4 is 11.8 Å². The van der Waals surface area contributed by atoms with Crippen molar-refractivity contribution in [3.63, 3.8) is 0 Å². The number of hydrogen-bond acceptors (Lipinski definition) is 4. The first-order valence-corrected chi connectivity index (χ1v) is 25.8. The van der Waals surface area contributed by atoms with Gasteiger partial charge in [-0.1, -0.05) is 141 Å². The van der Waals surface area contributed by atoms with Crippen molar-refractivity contribution < 1.29 is 62.0 Å². The van der Waals surface area contributed by atoms with Gasteiger partial charge in [0.1, 0.15) is 11.5 Å². The summed E-state index contributed by atoms with van der Waals surface area (Å²) in [5.74, 6) is 1.05. The average molecular weight is 1050 g/mol. The Hall–Kier alpha value is -2.66. The molecule has 0 atom stereocenters. The molecule has 0 saturated carbocycles. The summed E-state index contributed by atoms with van der Waals surface area (Å²) < 4.78 is 14.2. The zero-order valence-electron chi connectivity index (χ0n) is 42.9. The molecule has 2 aromatic rings. The monoisotopic (exact) mass is 1050 g/mol. The third-order valence-electron chi connectivity index (χ3n) is 12.6. The van der Waals surface area contributed by atoms with Crippen LogP contribution in [0.5, 0.6) is 11.5 Å². The summed E-state index contributed by atoms with van der Waals surface area (Å²) in [6.07, 6.45) is 34.0. The molecule has 0 aliphatic heterocycles. The smallest absolute Gasteiger partial charge is 0.257 e. The Balaban J connectivity index is 0.0000211. The van der Waals surface area contributed by atoms with Gasteiger partial charge in [-0.25, -0.2) is 0 Å². The van der Waals surface area contributed by atoms with E-state index in [-0.39, 0.29) is 59.0 Å². The maximum Gasteiger partial charge on any atom is 0.257 e. The number of carbonyl (C=O) groups excluding carboxylic acids is 2. The van der Waals surface area contributed by atoms with E-state index >= 15 is 0 Å². The summed E-state index contributed by atoms with van der Waals surface area (Å²) >= 11 is 0. The minimum absolute atomic E-state index is 0. The molecule has 2 N–H and O–H groups in total. The van der Waals surface area contributed by atoms with E-state index in [9.17, 15) is 9.59 Å². The van der Waals surface area contributed by atoms with Crippen LogP contribution in [0.3, 0.4) is 0 Å². The number of hydrogen-bond donors (Lipinski definition) is 2. The molecule has 66 heavy (non-hydrogen) atoms. The standard InChI is InChI=1S/C56H94N4O4.2BrH/c1-9-13-15-17-19-21-23-25-27-29-41-59(5,6)43-31-39-57-55(61)47-63-53-38-36-50(46-51(53)34-12-4)52-45-49(33-11-3)35-37-54(52)64-48-56(62)58-40-32-44-60(7,8)42-30-28-26-24-22-20-18-16-14-10-2;;/h11-12,35-38,45-46H,3-4,9-10,13-34,39-44,47-48H2,1-2,5-8H3;2*1H. The second-order valence-electron chi connectivity index (χ2n) is 19.8. The van der Waals surface area contributed by atoms with Gasteiger partial charge in [0.05, 0.1) is 54.4 Å². The first-order chi connectivity index (χ1) is 30.9. The maximum atomic E-state index is 13.0. The number of amides is 2. The molecule has 0 spiro atoms. The predicted octanol–water partition coefficient (Wildman–Crippen LogP) is 6.58. The summed E-state index contributed by atoms with van der Waals surface area (Å²) in [5, 5.41) is 6.14. The fourth-order valence-electron chi connectivity index (χ4n) is 8.56. The quantitative estimate of drug-likeness (QED) is 0.0449. The zero-order valence-corrected chi connectivity index (χ0v) is 46.1. The Morgan fingerprint density at radius 2 is 0.909 bits per heavy atom. The molecule has 0 saturated heterocycles. The Labute approximate surface area is 426 Å². The highest BCUT2D eigenvalue weighted by atomic mass is 79.9. The summed E-state index contributed by atoms with van der Waals surface area (Å²) in [5.41, 5.74) is 3.86. The van der Waals surface area contributed by atoms with E-state index in [1.54, 1.807) is 0 Å². The van der Waals surface area contributed by atoms with Gasteiger partial charge in [0.2, 0.25) is 0 Å². The normalized spacial score (nSPS) is 11.3. The lowest BCUT2D eigenvalue weighted by atomic mass is 9.97. The van der Waals surface area contributed by atoms with E-state index in [4.69, 9.17) is 9.47 Å². The number of nitrogens with one attached hydrogen (secondary N) is 2. The number of benzene rings is 2. The SMILES string of the molecule is C=CCc1ccc(OCC(=O)NCCC[N+](C)(C)CCCCCCCCCCCC)c(-c2ccc(OCC(=O)NCCC[N+](C)(C)CCCCCCCCCCCC)c(CC=C)c2)c1.[Br-].[Br-]. The number of rotatable bonds is 41. The van der Waals surface area contributed by atoms with Gasteiger partial charge in [0.25, 0.3) is 11.8 Å². The summed E-state index contributed by atoms with van der Waals surface area (Å²) in [7, 11) is 9.20. The largest absolute Gasteiger partial charge is 1.00 e. The highest BCUT2D eigenvalue weighted by Gasteiger charge is 2.17. The number of quaternary nitrogens is 2. The van der Waals surface area contributed by atoms with Gasteiger partial charge in [-0.05, 0) is 79.5 Å². The van der Waals surface area contributed by atoms with Crippen molar-refractivity contribution in [3.8, 4) is 22.6 Å². The van der Waals surface area contributed by atoms with Gasteiger partial charge in [-0.3, -0.25) is 9.59 Å². The highest BCUT2D eigenvalue weighted by Crippen LogP contribution is 2.35. The molecule has 0 aliphatic rings. The number of ether oxygens (including phenoxy) is 2. The van der Waals surface area contributed by atoms with Gasteiger partial charge in [-0.2, -0.15) is 0 Å². The van der Waals surface area contributed by atoms with Crippen molar-refractivity contribution in [2.75, 3.05) is 80.7 Å². The van der Waals surface area contributed by atoms with E-state index in [1.807, 2.05) is 36.4 Å². The maximum absolute atomic E-state index is 13.0. The summed E-state index contributed by atoms with van der Waals surface area (Å²) in [6.45, 7) is 18.0. The minimum atomic E-state index is -0.123. The molecular formula is C56H96Br2N4O4. The molecule has 2 aromatic carbocycles. The molecule has 0 radical (unpaired) electrons. The van der Waals surface area contributed by atoms with Crippen LogP contribution in [0.25, 0.3) is 11.1 Å². The molecule has 2 rings (SSSR count). The number of halogens is 2. The van der Waals surface area contributed by atoms with Crippen LogP contribution in [0.4, 0.5) is 0 Å². The van der Waals surface area contributed by atoms with Crippen LogP contribution >= 0.6 is 0 Å². The second-order valence-corrected chi connectivity index (χ2v) is 19.8. The third-order valence-corrected chi connectivity index (χ3v) is 12.6. The molecule has 378 valence electrons. The minimum Gasteiger partial charge on any atom is -1.00 e. The first kappa shape index (κ1) is 63.3. The fraction of sp³-hybridized carbons (Fsp3) is 0.679. The summed E-state index contributed by atoms with van der Waals surface area (Å²) in [6, 6.07) is 12.0. The zero-order chi connectivity index (χ0) is 46.7. The van der Waals surface area contributed by atoms with Crippen LogP contribution in [0.15, 0.2) is 61.7 Å². The Bertz CT molecular complexity index is 1580. The van der Waals surface area contributed by atoms with Crippen LogP contribution < -0.4 is 54.1 Å². The third kappa shape index (κ3) is 30.7.